The molecule has 3 aromatic carbocycles. The van der Waals surface area contributed by atoms with Gasteiger partial charge >= 0.3 is 6.09 Å². The van der Waals surface area contributed by atoms with Crippen molar-refractivity contribution in [2.24, 2.45) is 17.8 Å². The molecular weight excluding hydrogens is 725 g/mol. The van der Waals surface area contributed by atoms with Crippen LogP contribution >= 0.6 is 0 Å². The van der Waals surface area contributed by atoms with Crippen LogP contribution in [0.4, 0.5) is 10.5 Å². The number of hydrogen-bond donors (Lipinski definition) is 4. The Bertz CT molecular complexity index is 1950. The lowest BCUT2D eigenvalue weighted by molar-refractivity contribution is -0.129. The van der Waals surface area contributed by atoms with E-state index in [4.69, 9.17) is 4.74 Å². The van der Waals surface area contributed by atoms with Crippen LogP contribution in [0.5, 0.6) is 0 Å². The number of ether oxygens (including phenoxy) is 1. The quantitative estimate of drug-likeness (QED) is 0.130. The van der Waals surface area contributed by atoms with Crippen LogP contribution in [0.2, 0.25) is 0 Å². The lowest BCUT2D eigenvalue weighted by Gasteiger charge is -2.34. The van der Waals surface area contributed by atoms with Crippen LogP contribution in [-0.2, 0) is 20.7 Å². The minimum Gasteiger partial charge on any atom is -0.444 e. The van der Waals surface area contributed by atoms with Gasteiger partial charge in [0.2, 0.25) is 11.7 Å². The number of piperazine rings is 1. The molecule has 1 aliphatic heterocycles. The molecule has 0 bridgehead atoms. The second-order valence-corrected chi connectivity index (χ2v) is 16.1. The summed E-state index contributed by atoms with van der Waals surface area (Å²) in [5, 5.41) is 29.2. The zero-order valence-corrected chi connectivity index (χ0v) is 33.1. The van der Waals surface area contributed by atoms with E-state index in [2.05, 4.69) is 36.2 Å². The minimum absolute atomic E-state index is 0.00660. The zero-order valence-electron chi connectivity index (χ0n) is 33.1. The van der Waals surface area contributed by atoms with Gasteiger partial charge < -0.3 is 25.4 Å². The van der Waals surface area contributed by atoms with E-state index in [1.54, 1.807) is 24.3 Å². The average Bonchev–Trinajstić information content (AvgIpc) is 3.75. The van der Waals surface area contributed by atoms with Crippen LogP contribution in [0.1, 0.15) is 68.8 Å². The molecule has 57 heavy (non-hydrogen) atoms. The number of aromatic amines is 1. The Morgan fingerprint density at radius 1 is 0.895 bits per heavy atom. The molecular formula is C43H54N8O6. The summed E-state index contributed by atoms with van der Waals surface area (Å²) in [6.07, 6.45) is 3.06. The van der Waals surface area contributed by atoms with E-state index in [0.29, 0.717) is 62.5 Å². The van der Waals surface area contributed by atoms with Gasteiger partial charge in [-0.3, -0.25) is 19.3 Å². The largest absolute Gasteiger partial charge is 0.444 e. The number of H-pyrrole nitrogens is 1. The van der Waals surface area contributed by atoms with E-state index < -0.39 is 17.6 Å². The third-order valence-corrected chi connectivity index (χ3v) is 10.8. The molecule has 2 heterocycles. The number of rotatable bonds is 14. The van der Waals surface area contributed by atoms with Gasteiger partial charge in [0.1, 0.15) is 11.4 Å². The Morgan fingerprint density at radius 3 is 2.25 bits per heavy atom. The van der Waals surface area contributed by atoms with E-state index in [-0.39, 0.29) is 42.5 Å². The Labute approximate surface area is 333 Å². The number of aliphatic hydroxyl groups excluding tert-OH is 1. The molecule has 2 aliphatic rings. The van der Waals surface area contributed by atoms with Crippen LogP contribution in [0.15, 0.2) is 72.8 Å². The fraction of sp³-hybridized carbons (Fsp3) is 0.465. The molecule has 302 valence electrons. The average molecular weight is 779 g/mol. The van der Waals surface area contributed by atoms with Crippen LogP contribution in [0.3, 0.4) is 0 Å². The molecule has 3 amide bonds. The number of ketones is 1. The first-order chi connectivity index (χ1) is 27.4. The Morgan fingerprint density at radius 2 is 1.60 bits per heavy atom. The van der Waals surface area contributed by atoms with E-state index >= 15 is 0 Å². The molecule has 0 unspecified atom stereocenters. The van der Waals surface area contributed by atoms with Gasteiger partial charge in [0.05, 0.1) is 6.61 Å². The van der Waals surface area contributed by atoms with E-state index in [1.807, 2.05) is 74.2 Å². The summed E-state index contributed by atoms with van der Waals surface area (Å²) in [5.74, 6) is -0.227. The summed E-state index contributed by atoms with van der Waals surface area (Å²) < 4.78 is 5.37. The lowest BCUT2D eigenvalue weighted by Crippen LogP contribution is -2.49. The number of hydrogen-bond acceptors (Lipinski definition) is 10. The number of carbonyl (C=O) groups excluding carboxylic acids is 4. The molecule has 6 rings (SSSR count). The van der Waals surface area contributed by atoms with E-state index in [0.717, 1.165) is 48.2 Å². The normalized spacial score (nSPS) is 18.1. The Balaban J connectivity index is 1.11. The molecule has 1 saturated carbocycles. The van der Waals surface area contributed by atoms with Crippen molar-refractivity contribution < 1.29 is 29.0 Å². The highest BCUT2D eigenvalue weighted by atomic mass is 16.6. The van der Waals surface area contributed by atoms with Crippen LogP contribution in [-0.4, -0.2) is 111 Å². The number of alkyl carbamates (subject to hydrolysis) is 1. The summed E-state index contributed by atoms with van der Waals surface area (Å²) in [5.41, 5.74) is 4.21. The number of benzene rings is 3. The molecule has 0 spiro atoms. The van der Waals surface area contributed by atoms with Crippen LogP contribution < -0.4 is 10.6 Å². The maximum Gasteiger partial charge on any atom is 0.407 e. The van der Waals surface area contributed by atoms with Gasteiger partial charge in [0.15, 0.2) is 0 Å². The predicted molar refractivity (Wildman–Crippen MR) is 216 cm³/mol. The molecule has 2 fully saturated rings. The van der Waals surface area contributed by atoms with Gasteiger partial charge in [0, 0.05) is 74.3 Å². The number of carbonyl (C=O) groups is 4. The van der Waals surface area contributed by atoms with Crippen molar-refractivity contribution in [1.82, 2.24) is 35.7 Å². The van der Waals surface area contributed by atoms with Crippen molar-refractivity contribution in [3.63, 3.8) is 0 Å². The SMILES string of the molecule is CC(C)(C)OC(=O)NCC1CCC(C(=O)C[C@@H](Cc2cccc(-c3ccc(C(=O)N4CCN(CCO)CC4)cc3)c2)C(=O)Nc2ccc(-c3nn[nH]n3)cc2)CC1. The number of nitrogens with zero attached hydrogens (tertiary/aromatic N) is 5. The smallest absolute Gasteiger partial charge is 0.407 e. The molecule has 4 aromatic rings. The number of nitrogens with one attached hydrogen (secondary N) is 3. The van der Waals surface area contributed by atoms with Gasteiger partial charge in [0.25, 0.3) is 5.91 Å². The third-order valence-electron chi connectivity index (χ3n) is 10.8. The highest BCUT2D eigenvalue weighted by molar-refractivity contribution is 5.96. The second kappa shape index (κ2) is 19.1. The van der Waals surface area contributed by atoms with Crippen molar-refractivity contribution in [2.45, 2.75) is 64.9 Å². The summed E-state index contributed by atoms with van der Waals surface area (Å²) in [4.78, 5) is 57.3. The number of anilines is 1. The number of amides is 3. The fourth-order valence-corrected chi connectivity index (χ4v) is 7.59. The lowest BCUT2D eigenvalue weighted by atomic mass is 9.77. The first kappa shape index (κ1) is 41.2. The maximum absolute atomic E-state index is 14.0. The van der Waals surface area contributed by atoms with Gasteiger partial charge in [-0.25, -0.2) is 4.79 Å². The molecule has 14 nitrogen and oxygen atoms in total. The third kappa shape index (κ3) is 11.8. The van der Waals surface area contributed by atoms with Crippen molar-refractivity contribution >= 4 is 29.4 Å². The monoisotopic (exact) mass is 778 g/mol. The molecule has 0 radical (unpaired) electrons. The molecule has 4 N–H and O–H groups in total. The maximum atomic E-state index is 14.0. The minimum atomic E-state index is -0.617. The summed E-state index contributed by atoms with van der Waals surface area (Å²) in [6, 6.07) is 22.7. The highest BCUT2D eigenvalue weighted by Gasteiger charge is 2.31. The Kier molecular flexibility index (Phi) is 13.8. The second-order valence-electron chi connectivity index (χ2n) is 16.1. The van der Waals surface area contributed by atoms with E-state index in [1.165, 1.54) is 0 Å². The number of Topliss-reactive ketones (excluding diaryl/α,β-unsaturated/α-hetero) is 1. The van der Waals surface area contributed by atoms with Crippen molar-refractivity contribution in [2.75, 3.05) is 51.2 Å². The molecule has 1 atom stereocenters. The summed E-state index contributed by atoms with van der Waals surface area (Å²) in [7, 11) is 0. The van der Waals surface area contributed by atoms with Crippen molar-refractivity contribution in [3.05, 3.63) is 83.9 Å². The highest BCUT2D eigenvalue weighted by Crippen LogP contribution is 2.32. The molecule has 1 aromatic heterocycles. The standard InChI is InChI=1S/C43H54N8O6/c1-43(2,3)57-42(56)44-28-29-7-9-32(10-8-29)38(53)27-36(40(54)45-37-17-15-33(16-18-37)39-46-48-49-47-39)26-30-5-4-6-35(25-30)31-11-13-34(14-12-31)41(55)51-21-19-50(20-22-51)23-24-52/h4-6,11-18,25,29,32,36,52H,7-10,19-24,26-28H2,1-3H3,(H,44,56)(H,45,54)(H,46,47,48,49)/t29?,32?,36-/m1/s1. The zero-order chi connectivity index (χ0) is 40.4. The van der Waals surface area contributed by atoms with Gasteiger partial charge in [-0.05, 0) is 117 Å². The van der Waals surface area contributed by atoms with Crippen LogP contribution in [0.25, 0.3) is 22.5 Å². The predicted octanol–water partition coefficient (Wildman–Crippen LogP) is 5.37. The number of β-amino-alcohol motifs (C(OH)–C–C–N with tert-alkyl or cyclic N) is 1. The molecule has 1 saturated heterocycles. The van der Waals surface area contributed by atoms with Gasteiger partial charge in [-0.15, -0.1) is 10.2 Å². The Hall–Kier alpha value is -5.47. The first-order valence-electron chi connectivity index (χ1n) is 19.9. The van der Waals surface area contributed by atoms with E-state index in [9.17, 15) is 24.3 Å². The summed E-state index contributed by atoms with van der Waals surface area (Å²) in [6.45, 7) is 9.46. The molecule has 14 heteroatoms. The van der Waals surface area contributed by atoms with Gasteiger partial charge in [-0.1, -0.05) is 36.4 Å². The topological polar surface area (TPSA) is 183 Å². The number of tetrazole rings is 1. The number of aliphatic hydroxyl groups is 1. The van der Waals surface area contributed by atoms with Crippen molar-refractivity contribution in [3.8, 4) is 22.5 Å². The van der Waals surface area contributed by atoms with Crippen molar-refractivity contribution in [1.29, 1.82) is 0 Å². The first-order valence-corrected chi connectivity index (χ1v) is 19.9. The molecule has 1 aliphatic carbocycles. The summed E-state index contributed by atoms with van der Waals surface area (Å²) >= 11 is 0. The van der Waals surface area contributed by atoms with Crippen LogP contribution in [0, 0.1) is 17.8 Å². The van der Waals surface area contributed by atoms with Gasteiger partial charge in [-0.2, -0.15) is 5.21 Å². The number of aromatic nitrogens is 4. The fourth-order valence-electron chi connectivity index (χ4n) is 7.59.